The predicted molar refractivity (Wildman–Crippen MR) is 108 cm³/mol. The summed E-state index contributed by atoms with van der Waals surface area (Å²) in [5.41, 5.74) is 6.85. The molecule has 1 unspecified atom stereocenters. The third-order valence-corrected chi connectivity index (χ3v) is 4.52. The first-order chi connectivity index (χ1) is 12.7. The molecule has 0 saturated carbocycles. The Labute approximate surface area is 161 Å². The number of guanidine groups is 1. The number of amides is 3. The van der Waals surface area contributed by atoms with Gasteiger partial charge in [-0.3, -0.25) is 9.69 Å². The summed E-state index contributed by atoms with van der Waals surface area (Å²) in [7, 11) is 0. The molecule has 0 saturated heterocycles. The van der Waals surface area contributed by atoms with E-state index in [1.807, 2.05) is 31.2 Å². The number of nitrogens with zero attached hydrogens (tertiary/aromatic N) is 2. The van der Waals surface area contributed by atoms with Crippen molar-refractivity contribution in [3.05, 3.63) is 29.8 Å². The Balaban J connectivity index is 1.96. The molecule has 148 valence electrons. The van der Waals surface area contributed by atoms with Gasteiger partial charge in [0.2, 0.25) is 0 Å². The van der Waals surface area contributed by atoms with E-state index in [9.17, 15) is 9.59 Å². The fourth-order valence-electron chi connectivity index (χ4n) is 3.27. The van der Waals surface area contributed by atoms with Crippen LogP contribution in [0.5, 0.6) is 0 Å². The largest absolute Gasteiger partial charge is 0.369 e. The summed E-state index contributed by atoms with van der Waals surface area (Å²) in [6.07, 6.45) is 2.65. The molecule has 0 fully saturated rings. The zero-order valence-corrected chi connectivity index (χ0v) is 16.7. The van der Waals surface area contributed by atoms with Gasteiger partial charge in [-0.15, -0.1) is 0 Å². The van der Waals surface area contributed by atoms with Crippen molar-refractivity contribution in [3.63, 3.8) is 0 Å². The van der Waals surface area contributed by atoms with Crippen LogP contribution in [0.25, 0.3) is 0 Å². The van der Waals surface area contributed by atoms with Crippen molar-refractivity contribution in [1.82, 2.24) is 10.2 Å². The Kier molecular flexibility index (Phi) is 6.82. The minimum Gasteiger partial charge on any atom is -0.369 e. The second-order valence-corrected chi connectivity index (χ2v) is 7.66. The van der Waals surface area contributed by atoms with E-state index >= 15 is 0 Å². The van der Waals surface area contributed by atoms with E-state index < -0.39 is 5.54 Å². The highest BCUT2D eigenvalue weighted by molar-refractivity contribution is 6.06. The Morgan fingerprint density at radius 2 is 1.96 bits per heavy atom. The van der Waals surface area contributed by atoms with Crippen molar-refractivity contribution in [2.24, 2.45) is 16.6 Å². The molecule has 1 aliphatic heterocycles. The average molecular weight is 374 g/mol. The van der Waals surface area contributed by atoms with Gasteiger partial charge in [0.1, 0.15) is 5.54 Å². The maximum absolute atomic E-state index is 12.8. The van der Waals surface area contributed by atoms with Crippen LogP contribution in [0.15, 0.2) is 29.3 Å². The first kappa shape index (κ1) is 20.7. The standard InChI is InChI=1S/C20H31N5O2/c1-5-6-11-22-19(27)23-16-9-7-15(8-10-16)13-25-17(26)20(4,12-14(2)3)24-18(25)21/h7-10,14H,5-6,11-13H2,1-4H3,(H2,21,24)(H2,22,23,27). The highest BCUT2D eigenvalue weighted by Gasteiger charge is 2.43. The van der Waals surface area contributed by atoms with E-state index in [1.165, 1.54) is 4.90 Å². The first-order valence-corrected chi connectivity index (χ1v) is 9.56. The maximum Gasteiger partial charge on any atom is 0.319 e. The zero-order chi connectivity index (χ0) is 20.0. The number of carbonyl (C=O) groups is 2. The topological polar surface area (TPSA) is 99.8 Å². The van der Waals surface area contributed by atoms with Crippen LogP contribution in [0.4, 0.5) is 10.5 Å². The number of benzene rings is 1. The van der Waals surface area contributed by atoms with Gasteiger partial charge in [0.15, 0.2) is 5.96 Å². The number of aliphatic imine (C=N–C) groups is 1. The van der Waals surface area contributed by atoms with Gasteiger partial charge >= 0.3 is 6.03 Å². The van der Waals surface area contributed by atoms with Crippen molar-refractivity contribution in [3.8, 4) is 0 Å². The fourth-order valence-corrected chi connectivity index (χ4v) is 3.27. The summed E-state index contributed by atoms with van der Waals surface area (Å²) in [6.45, 7) is 9.07. The summed E-state index contributed by atoms with van der Waals surface area (Å²) in [5, 5.41) is 5.60. The highest BCUT2D eigenvalue weighted by atomic mass is 16.2. The molecule has 7 heteroatoms. The highest BCUT2D eigenvalue weighted by Crippen LogP contribution is 2.29. The number of rotatable bonds is 8. The van der Waals surface area contributed by atoms with Crippen LogP contribution in [0.3, 0.4) is 0 Å². The third-order valence-electron chi connectivity index (χ3n) is 4.52. The molecule has 4 N–H and O–H groups in total. The minimum atomic E-state index is -0.781. The first-order valence-electron chi connectivity index (χ1n) is 9.56. The SMILES string of the molecule is CCCCNC(=O)Nc1ccc(CN2C(=O)C(C)(CC(C)C)N=C2N)cc1. The van der Waals surface area contributed by atoms with Gasteiger partial charge in [-0.2, -0.15) is 0 Å². The van der Waals surface area contributed by atoms with E-state index in [0.717, 1.165) is 18.4 Å². The van der Waals surface area contributed by atoms with Crippen LogP contribution in [0, 0.1) is 5.92 Å². The Bertz CT molecular complexity index is 699. The minimum absolute atomic E-state index is 0.0637. The summed E-state index contributed by atoms with van der Waals surface area (Å²) in [5.74, 6) is 0.552. The van der Waals surface area contributed by atoms with E-state index in [4.69, 9.17) is 5.73 Å². The van der Waals surface area contributed by atoms with Gasteiger partial charge in [0.25, 0.3) is 5.91 Å². The molecular formula is C20H31N5O2. The number of urea groups is 1. The van der Waals surface area contributed by atoms with Gasteiger partial charge in [0.05, 0.1) is 6.54 Å². The number of unbranched alkanes of at least 4 members (excludes halogenated alkanes) is 1. The lowest BCUT2D eigenvalue weighted by atomic mass is 9.91. The second kappa shape index (κ2) is 8.88. The van der Waals surface area contributed by atoms with Crippen LogP contribution in [0.2, 0.25) is 0 Å². The Morgan fingerprint density at radius 1 is 1.30 bits per heavy atom. The molecule has 0 aromatic heterocycles. The van der Waals surface area contributed by atoms with Crippen molar-refractivity contribution in [2.45, 2.75) is 59.0 Å². The Hall–Kier alpha value is -2.57. The normalized spacial score (nSPS) is 19.4. The molecule has 1 heterocycles. The molecule has 1 aliphatic rings. The van der Waals surface area contributed by atoms with Crippen LogP contribution >= 0.6 is 0 Å². The number of nitrogens with two attached hydrogens (primary N) is 1. The predicted octanol–water partition coefficient (Wildman–Crippen LogP) is 3.07. The van der Waals surface area contributed by atoms with Crippen molar-refractivity contribution >= 4 is 23.6 Å². The van der Waals surface area contributed by atoms with Gasteiger partial charge in [-0.05, 0) is 43.4 Å². The number of anilines is 1. The van der Waals surface area contributed by atoms with E-state index in [1.54, 1.807) is 0 Å². The van der Waals surface area contributed by atoms with Crippen LogP contribution < -0.4 is 16.4 Å². The van der Waals surface area contributed by atoms with Gasteiger partial charge in [0, 0.05) is 12.2 Å². The molecule has 0 radical (unpaired) electrons. The smallest absolute Gasteiger partial charge is 0.319 e. The maximum atomic E-state index is 12.8. The van der Waals surface area contributed by atoms with E-state index in [0.29, 0.717) is 31.1 Å². The molecule has 1 atom stereocenters. The zero-order valence-electron chi connectivity index (χ0n) is 16.7. The molecular weight excluding hydrogens is 342 g/mol. The number of nitrogens with one attached hydrogen (secondary N) is 2. The quantitative estimate of drug-likeness (QED) is 0.611. The van der Waals surface area contributed by atoms with Crippen molar-refractivity contribution < 1.29 is 9.59 Å². The van der Waals surface area contributed by atoms with Crippen molar-refractivity contribution in [2.75, 3.05) is 11.9 Å². The second-order valence-electron chi connectivity index (χ2n) is 7.66. The lowest BCUT2D eigenvalue weighted by Gasteiger charge is -2.23. The van der Waals surface area contributed by atoms with Gasteiger partial charge in [-0.1, -0.05) is 39.3 Å². The molecule has 1 aromatic rings. The van der Waals surface area contributed by atoms with Gasteiger partial charge in [-0.25, -0.2) is 9.79 Å². The average Bonchev–Trinajstić information content (AvgIpc) is 2.79. The Morgan fingerprint density at radius 3 is 2.56 bits per heavy atom. The monoisotopic (exact) mass is 373 g/mol. The molecule has 3 amide bonds. The molecule has 0 aliphatic carbocycles. The van der Waals surface area contributed by atoms with Crippen molar-refractivity contribution in [1.29, 1.82) is 0 Å². The molecule has 2 rings (SSSR count). The fraction of sp³-hybridized carbons (Fsp3) is 0.550. The summed E-state index contributed by atoms with van der Waals surface area (Å²) in [6, 6.07) is 7.17. The van der Waals surface area contributed by atoms with Crippen LogP contribution in [-0.2, 0) is 11.3 Å². The third kappa shape index (κ3) is 5.45. The lowest BCUT2D eigenvalue weighted by Crippen LogP contribution is -2.43. The van der Waals surface area contributed by atoms with E-state index in [2.05, 4.69) is 36.4 Å². The summed E-state index contributed by atoms with van der Waals surface area (Å²) >= 11 is 0. The number of hydrogen-bond donors (Lipinski definition) is 3. The summed E-state index contributed by atoms with van der Waals surface area (Å²) in [4.78, 5) is 30.5. The van der Waals surface area contributed by atoms with Gasteiger partial charge < -0.3 is 16.4 Å². The van der Waals surface area contributed by atoms with E-state index in [-0.39, 0.29) is 17.9 Å². The number of carbonyl (C=O) groups excluding carboxylic acids is 2. The molecule has 0 spiro atoms. The van der Waals surface area contributed by atoms with Crippen LogP contribution in [-0.4, -0.2) is 34.9 Å². The molecule has 27 heavy (non-hydrogen) atoms. The van der Waals surface area contributed by atoms with Crippen LogP contribution in [0.1, 0.15) is 52.5 Å². The molecule has 7 nitrogen and oxygen atoms in total. The molecule has 0 bridgehead atoms. The molecule has 1 aromatic carbocycles. The summed E-state index contributed by atoms with van der Waals surface area (Å²) < 4.78 is 0. The lowest BCUT2D eigenvalue weighted by molar-refractivity contribution is -0.131. The number of hydrogen-bond acceptors (Lipinski definition) is 4.